The van der Waals surface area contributed by atoms with Gasteiger partial charge < -0.3 is 21.3 Å². The lowest BCUT2D eigenvalue weighted by Gasteiger charge is -2.13. The molecular weight excluding hydrogens is 731 g/mol. The van der Waals surface area contributed by atoms with Crippen molar-refractivity contribution in [2.45, 2.75) is 108 Å². The number of Topliss-reactive ketones (excluding diaryl/α,β-unsaturated/α-hetero) is 2. The number of nitrogens with one attached hydrogen (secondary N) is 5. The van der Waals surface area contributed by atoms with Crippen molar-refractivity contribution in [3.63, 3.8) is 0 Å². The molecule has 2 saturated carbocycles. The second-order valence-corrected chi connectivity index (χ2v) is 16.7. The molecule has 4 aliphatic heterocycles. The third-order valence-corrected chi connectivity index (χ3v) is 12.6. The molecule has 2 atom stereocenters. The number of aromatic nitrogens is 2. The Kier molecular flexibility index (Phi) is 9.11. The van der Waals surface area contributed by atoms with Crippen LogP contribution in [0.3, 0.4) is 0 Å². The van der Waals surface area contributed by atoms with Crippen LogP contribution in [0.25, 0.3) is 0 Å². The molecule has 280 valence electrons. The number of amides is 4. The summed E-state index contributed by atoms with van der Waals surface area (Å²) in [4.78, 5) is 95.6. The lowest BCUT2D eigenvalue weighted by molar-refractivity contribution is -0.121. The van der Waals surface area contributed by atoms with E-state index in [-0.39, 0.29) is 72.1 Å². The van der Waals surface area contributed by atoms with Crippen molar-refractivity contribution >= 4 is 75.0 Å². The molecule has 0 saturated heterocycles. The number of nitrogens with zero attached hydrogens (tertiary/aromatic N) is 4. The van der Waals surface area contributed by atoms with Gasteiger partial charge in [0, 0.05) is 34.3 Å². The molecule has 0 unspecified atom stereocenters. The molecule has 5 N–H and O–H groups in total. The van der Waals surface area contributed by atoms with E-state index < -0.39 is 34.3 Å². The molecule has 0 bridgehead atoms. The quantitative estimate of drug-likeness (QED) is 0.142. The first-order valence-corrected chi connectivity index (χ1v) is 20.0. The third-order valence-electron chi connectivity index (χ3n) is 10.9. The van der Waals surface area contributed by atoms with Gasteiger partial charge in [-0.2, -0.15) is 0 Å². The molecule has 2 spiro atoms. The van der Waals surface area contributed by atoms with Crippen LogP contribution in [0.4, 0.5) is 0 Å². The van der Waals surface area contributed by atoms with Crippen molar-refractivity contribution in [3.8, 4) is 0 Å². The first-order valence-electron chi connectivity index (χ1n) is 18.2. The number of hydrogen-bond donors (Lipinski definition) is 5. The summed E-state index contributed by atoms with van der Waals surface area (Å²) in [5, 5.41) is 23.5. The Morgan fingerprint density at radius 3 is 1.85 bits per heavy atom. The normalized spacial score (nSPS) is 23.1. The van der Waals surface area contributed by atoms with Crippen LogP contribution in [0.1, 0.15) is 109 Å². The fraction of sp³-hybridized carbons (Fsp3) is 0.486. The molecule has 2 fully saturated rings. The standard InChI is InChI=1S/C37H39N9O6S2/c1-17-3-5-21(41-17)29-19(36(7-8-36)45-33(29)51)11-26(48)39-13-25(47)23-15-54-35(44-23)31(38)32(50)24-16-53-28(43-24)14-40-27(49)12-20-30(22-6-4-18(2)42-22)34(52)46-37(20)9-10-37/h15-18,38H,3-14H2,1-2H3,(H,39,48)(H,40,49)(H,45,51)(H,46,52)/t17-,18-/m0/s1. The van der Waals surface area contributed by atoms with E-state index in [0.29, 0.717) is 29.0 Å². The number of ketones is 2. The highest BCUT2D eigenvalue weighted by molar-refractivity contribution is 7.13. The SMILES string of the molecule is C[C@H]1CCC(C2=C(CC(=O)NCC(=O)c3csc(C(=N)C(=O)c4csc(CNC(=O)CC5=C(C6=N[C@@H](C)CC6)C(=O)NC56CC6)n4)n3)C3(CC3)NC2=O)=N1. The molecule has 15 nitrogen and oxygen atoms in total. The smallest absolute Gasteiger partial charge is 0.253 e. The van der Waals surface area contributed by atoms with Crippen molar-refractivity contribution in [2.24, 2.45) is 9.98 Å². The number of aliphatic imine (C=N–C) groups is 2. The van der Waals surface area contributed by atoms with Crippen LogP contribution in [0.15, 0.2) is 43.0 Å². The van der Waals surface area contributed by atoms with Gasteiger partial charge in [0.05, 0.1) is 48.2 Å². The molecule has 2 aliphatic carbocycles. The monoisotopic (exact) mass is 769 g/mol. The van der Waals surface area contributed by atoms with Gasteiger partial charge in [-0.25, -0.2) is 9.97 Å². The Morgan fingerprint density at radius 1 is 0.796 bits per heavy atom. The molecule has 8 rings (SSSR count). The van der Waals surface area contributed by atoms with Gasteiger partial charge in [0.2, 0.25) is 23.4 Å². The lowest BCUT2D eigenvalue weighted by Crippen LogP contribution is -2.34. The topological polar surface area (TPSA) is 225 Å². The Balaban J connectivity index is 0.841. The fourth-order valence-corrected chi connectivity index (χ4v) is 9.16. The minimum absolute atomic E-state index is 0.0139. The van der Waals surface area contributed by atoms with E-state index in [9.17, 15) is 28.8 Å². The van der Waals surface area contributed by atoms with E-state index in [1.807, 2.05) is 13.8 Å². The Morgan fingerprint density at radius 2 is 1.33 bits per heavy atom. The fourth-order valence-electron chi connectivity index (χ4n) is 7.68. The number of rotatable bonds is 14. The maximum absolute atomic E-state index is 13.2. The summed E-state index contributed by atoms with van der Waals surface area (Å²) in [6, 6.07) is 0.281. The molecule has 0 aromatic carbocycles. The van der Waals surface area contributed by atoms with Gasteiger partial charge in [-0.15, -0.1) is 22.7 Å². The Hall–Kier alpha value is -5.03. The highest BCUT2D eigenvalue weighted by Crippen LogP contribution is 2.50. The third kappa shape index (κ3) is 6.78. The van der Waals surface area contributed by atoms with Crippen molar-refractivity contribution in [1.29, 1.82) is 5.41 Å². The van der Waals surface area contributed by atoms with E-state index >= 15 is 0 Å². The molecule has 4 amide bonds. The van der Waals surface area contributed by atoms with Crippen LogP contribution in [0, 0.1) is 5.41 Å². The number of thiazole rings is 2. The zero-order chi connectivity index (χ0) is 37.9. The predicted octanol–water partition coefficient (Wildman–Crippen LogP) is 2.71. The molecule has 6 aliphatic rings. The second kappa shape index (κ2) is 13.7. The van der Waals surface area contributed by atoms with Gasteiger partial charge >= 0.3 is 0 Å². The molecule has 17 heteroatoms. The van der Waals surface area contributed by atoms with E-state index in [0.717, 1.165) is 72.4 Å². The maximum atomic E-state index is 13.2. The highest BCUT2D eigenvalue weighted by atomic mass is 32.1. The lowest BCUT2D eigenvalue weighted by atomic mass is 9.95. The summed E-state index contributed by atoms with van der Waals surface area (Å²) in [5.41, 5.74) is 2.78. The van der Waals surface area contributed by atoms with Crippen LogP contribution in [-0.4, -0.2) is 92.0 Å². The average molecular weight is 770 g/mol. The second-order valence-electron chi connectivity index (χ2n) is 14.9. The van der Waals surface area contributed by atoms with Crippen LogP contribution in [-0.2, 0) is 25.7 Å². The number of carbonyl (C=O) groups excluding carboxylic acids is 6. The molecule has 54 heavy (non-hydrogen) atoms. The summed E-state index contributed by atoms with van der Waals surface area (Å²) < 4.78 is 0. The number of hydrogen-bond acceptors (Lipinski definition) is 13. The van der Waals surface area contributed by atoms with Gasteiger partial charge in [-0.05, 0) is 76.4 Å². The summed E-state index contributed by atoms with van der Waals surface area (Å²) in [5.74, 6) is -2.18. The van der Waals surface area contributed by atoms with E-state index in [1.165, 1.54) is 22.1 Å². The van der Waals surface area contributed by atoms with Crippen LogP contribution >= 0.6 is 22.7 Å². The van der Waals surface area contributed by atoms with Crippen molar-refractivity contribution in [1.82, 2.24) is 31.2 Å². The Labute approximate surface area is 318 Å². The number of carbonyl (C=O) groups is 6. The predicted molar refractivity (Wildman–Crippen MR) is 200 cm³/mol. The zero-order valence-electron chi connectivity index (χ0n) is 29.8. The van der Waals surface area contributed by atoms with E-state index in [2.05, 4.69) is 41.2 Å². The van der Waals surface area contributed by atoms with Gasteiger partial charge in [0.15, 0.2) is 0 Å². The van der Waals surface area contributed by atoms with Gasteiger partial charge in [0.1, 0.15) is 27.1 Å². The summed E-state index contributed by atoms with van der Waals surface area (Å²) >= 11 is 2.13. The Bertz CT molecular complexity index is 2180. The molecule has 2 aromatic heterocycles. The van der Waals surface area contributed by atoms with Crippen molar-refractivity contribution in [2.75, 3.05) is 6.54 Å². The minimum Gasteiger partial charge on any atom is -0.349 e. The largest absolute Gasteiger partial charge is 0.349 e. The first kappa shape index (κ1) is 36.0. The zero-order valence-corrected chi connectivity index (χ0v) is 31.5. The van der Waals surface area contributed by atoms with Crippen molar-refractivity contribution in [3.05, 3.63) is 54.5 Å². The molecule has 0 radical (unpaired) electrons. The van der Waals surface area contributed by atoms with Gasteiger partial charge in [0.25, 0.3) is 11.8 Å². The van der Waals surface area contributed by atoms with Crippen molar-refractivity contribution < 1.29 is 28.8 Å². The van der Waals surface area contributed by atoms with Crippen LogP contribution < -0.4 is 21.3 Å². The minimum atomic E-state index is -0.683. The highest BCUT2D eigenvalue weighted by Gasteiger charge is 2.56. The maximum Gasteiger partial charge on any atom is 0.253 e. The van der Waals surface area contributed by atoms with Crippen LogP contribution in [0.5, 0.6) is 0 Å². The molecular formula is C37H39N9O6S2. The summed E-state index contributed by atoms with van der Waals surface area (Å²) in [6.07, 6.45) is 6.28. The van der Waals surface area contributed by atoms with E-state index in [4.69, 9.17) is 5.41 Å². The van der Waals surface area contributed by atoms with Gasteiger partial charge in [-0.1, -0.05) is 0 Å². The summed E-state index contributed by atoms with van der Waals surface area (Å²) in [6.45, 7) is 3.75. The van der Waals surface area contributed by atoms with E-state index in [1.54, 1.807) is 0 Å². The average Bonchev–Trinajstić information content (AvgIpc) is 3.57. The first-order chi connectivity index (χ1) is 25.8. The van der Waals surface area contributed by atoms with Gasteiger partial charge in [-0.3, -0.25) is 44.2 Å². The molecule has 2 aromatic rings. The van der Waals surface area contributed by atoms with Crippen LogP contribution in [0.2, 0.25) is 0 Å². The molecule has 6 heterocycles. The summed E-state index contributed by atoms with van der Waals surface area (Å²) in [7, 11) is 0.